The number of carbonyl (C=O) groups is 2. The van der Waals surface area contributed by atoms with Gasteiger partial charge in [-0.1, -0.05) is 55.0 Å². The summed E-state index contributed by atoms with van der Waals surface area (Å²) in [6, 6.07) is 18.1. The zero-order chi connectivity index (χ0) is 20.9. The van der Waals surface area contributed by atoms with Crippen molar-refractivity contribution in [2.75, 3.05) is 11.9 Å². The SMILES string of the molecule is CCCCOC(=O)c1ccc2nc(NC(=O)c3ccc(-c4ccccc4)o3)sc2c1. The van der Waals surface area contributed by atoms with E-state index in [-0.39, 0.29) is 17.6 Å². The van der Waals surface area contributed by atoms with Crippen molar-refractivity contribution in [1.29, 1.82) is 0 Å². The first-order valence-corrected chi connectivity index (χ1v) is 10.5. The topological polar surface area (TPSA) is 81.4 Å². The molecule has 152 valence electrons. The van der Waals surface area contributed by atoms with Crippen LogP contribution in [0, 0.1) is 0 Å². The fraction of sp³-hybridized carbons (Fsp3) is 0.174. The number of unbranched alkanes of at least 4 members (excludes halogenated alkanes) is 1. The summed E-state index contributed by atoms with van der Waals surface area (Å²) in [7, 11) is 0. The molecule has 0 unspecified atom stereocenters. The van der Waals surface area contributed by atoms with Gasteiger partial charge in [0.05, 0.1) is 22.4 Å². The molecule has 0 saturated heterocycles. The zero-order valence-corrected chi connectivity index (χ0v) is 17.2. The van der Waals surface area contributed by atoms with Crippen LogP contribution in [0.15, 0.2) is 65.1 Å². The fourth-order valence-electron chi connectivity index (χ4n) is 2.87. The second-order valence-electron chi connectivity index (χ2n) is 6.68. The standard InChI is InChI=1S/C23H20N2O4S/c1-2-3-13-28-22(27)16-9-10-17-20(14-16)30-23(24-17)25-21(26)19-12-11-18(29-19)15-7-5-4-6-8-15/h4-12,14H,2-3,13H2,1H3,(H,24,25,26). The molecule has 1 N–H and O–H groups in total. The molecule has 0 saturated carbocycles. The van der Waals surface area contributed by atoms with E-state index >= 15 is 0 Å². The monoisotopic (exact) mass is 420 g/mol. The van der Waals surface area contributed by atoms with Crippen LogP contribution in [-0.2, 0) is 4.74 Å². The highest BCUT2D eigenvalue weighted by Gasteiger charge is 2.16. The number of nitrogens with zero attached hydrogens (tertiary/aromatic N) is 1. The number of hydrogen-bond donors (Lipinski definition) is 1. The van der Waals surface area contributed by atoms with Crippen LogP contribution in [0.1, 0.15) is 40.7 Å². The van der Waals surface area contributed by atoms with Crippen molar-refractivity contribution < 1.29 is 18.7 Å². The van der Waals surface area contributed by atoms with Crippen LogP contribution in [0.25, 0.3) is 21.5 Å². The van der Waals surface area contributed by atoms with Gasteiger partial charge in [0.15, 0.2) is 10.9 Å². The van der Waals surface area contributed by atoms with Gasteiger partial charge < -0.3 is 9.15 Å². The van der Waals surface area contributed by atoms with E-state index in [4.69, 9.17) is 9.15 Å². The maximum absolute atomic E-state index is 12.5. The van der Waals surface area contributed by atoms with Gasteiger partial charge in [0.1, 0.15) is 5.76 Å². The maximum Gasteiger partial charge on any atom is 0.338 e. The number of ether oxygens (including phenoxy) is 1. The molecular weight excluding hydrogens is 400 g/mol. The van der Waals surface area contributed by atoms with Crippen molar-refractivity contribution in [1.82, 2.24) is 4.98 Å². The maximum atomic E-state index is 12.5. The molecule has 6 nitrogen and oxygen atoms in total. The van der Waals surface area contributed by atoms with E-state index in [1.807, 2.05) is 37.3 Å². The highest BCUT2D eigenvalue weighted by atomic mass is 32.1. The summed E-state index contributed by atoms with van der Waals surface area (Å²) in [6.45, 7) is 2.45. The van der Waals surface area contributed by atoms with Crippen LogP contribution < -0.4 is 5.32 Å². The molecule has 0 atom stereocenters. The van der Waals surface area contributed by atoms with Gasteiger partial charge in [-0.15, -0.1) is 0 Å². The first-order chi connectivity index (χ1) is 14.6. The lowest BCUT2D eigenvalue weighted by Crippen LogP contribution is -2.10. The van der Waals surface area contributed by atoms with Crippen molar-refractivity contribution in [3.8, 4) is 11.3 Å². The number of benzene rings is 2. The number of anilines is 1. The van der Waals surface area contributed by atoms with Crippen LogP contribution in [0.5, 0.6) is 0 Å². The number of hydrogen-bond acceptors (Lipinski definition) is 6. The van der Waals surface area contributed by atoms with Gasteiger partial charge in [-0.25, -0.2) is 9.78 Å². The number of esters is 1. The van der Waals surface area contributed by atoms with Gasteiger partial charge in [0.25, 0.3) is 5.91 Å². The average Bonchev–Trinajstić information content (AvgIpc) is 3.41. The molecular formula is C23H20N2O4S. The van der Waals surface area contributed by atoms with Crippen molar-refractivity contribution in [2.45, 2.75) is 19.8 Å². The number of furan rings is 1. The zero-order valence-electron chi connectivity index (χ0n) is 16.4. The molecule has 0 spiro atoms. The van der Waals surface area contributed by atoms with Crippen molar-refractivity contribution >= 4 is 38.6 Å². The Balaban J connectivity index is 1.47. The number of amides is 1. The van der Waals surface area contributed by atoms with Crippen LogP contribution in [0.4, 0.5) is 5.13 Å². The second-order valence-corrected chi connectivity index (χ2v) is 7.71. The van der Waals surface area contributed by atoms with Crippen molar-refractivity contribution in [2.24, 2.45) is 0 Å². The van der Waals surface area contributed by atoms with E-state index in [1.165, 1.54) is 11.3 Å². The number of nitrogens with one attached hydrogen (secondary N) is 1. The molecule has 2 aromatic carbocycles. The first-order valence-electron chi connectivity index (χ1n) is 9.68. The minimum atomic E-state index is -0.379. The Bertz CT molecular complexity index is 1180. The molecule has 2 heterocycles. The van der Waals surface area contributed by atoms with Gasteiger partial charge in [-0.2, -0.15) is 0 Å². The number of fused-ring (bicyclic) bond motifs is 1. The fourth-order valence-corrected chi connectivity index (χ4v) is 3.77. The average molecular weight is 420 g/mol. The summed E-state index contributed by atoms with van der Waals surface area (Å²) < 4.78 is 11.7. The summed E-state index contributed by atoms with van der Waals surface area (Å²) >= 11 is 1.29. The van der Waals surface area contributed by atoms with Crippen LogP contribution in [0.3, 0.4) is 0 Å². The summed E-state index contributed by atoms with van der Waals surface area (Å²) in [5.74, 6) is 0.0911. The molecule has 30 heavy (non-hydrogen) atoms. The third kappa shape index (κ3) is 4.41. The van der Waals surface area contributed by atoms with E-state index < -0.39 is 0 Å². The van der Waals surface area contributed by atoms with E-state index in [0.717, 1.165) is 23.1 Å². The predicted octanol–water partition coefficient (Wildman–Crippen LogP) is 5.77. The Hall–Kier alpha value is -3.45. The van der Waals surface area contributed by atoms with E-state index in [1.54, 1.807) is 30.3 Å². The summed E-state index contributed by atoms with van der Waals surface area (Å²) in [5, 5.41) is 3.20. The van der Waals surface area contributed by atoms with Crippen LogP contribution in [-0.4, -0.2) is 23.5 Å². The lowest BCUT2D eigenvalue weighted by atomic mass is 10.2. The smallest absolute Gasteiger partial charge is 0.338 e. The van der Waals surface area contributed by atoms with Crippen LogP contribution >= 0.6 is 11.3 Å². The van der Waals surface area contributed by atoms with Crippen molar-refractivity contribution in [3.05, 3.63) is 72.0 Å². The summed E-state index contributed by atoms with van der Waals surface area (Å²) in [6.07, 6.45) is 1.80. The molecule has 0 radical (unpaired) electrons. The Morgan fingerprint density at radius 2 is 1.93 bits per heavy atom. The molecule has 1 amide bonds. The van der Waals surface area contributed by atoms with E-state index in [9.17, 15) is 9.59 Å². The lowest BCUT2D eigenvalue weighted by molar-refractivity contribution is 0.0500. The Morgan fingerprint density at radius 3 is 2.73 bits per heavy atom. The van der Waals surface area contributed by atoms with E-state index in [2.05, 4.69) is 10.3 Å². The normalized spacial score (nSPS) is 10.8. The lowest BCUT2D eigenvalue weighted by Gasteiger charge is -2.03. The molecule has 4 rings (SSSR count). The Labute approximate surface area is 177 Å². The number of rotatable bonds is 7. The van der Waals surface area contributed by atoms with Gasteiger partial charge in [0.2, 0.25) is 0 Å². The third-order valence-electron chi connectivity index (χ3n) is 4.46. The molecule has 0 aliphatic rings. The van der Waals surface area contributed by atoms with Gasteiger partial charge in [0, 0.05) is 5.56 Å². The van der Waals surface area contributed by atoms with Gasteiger partial charge in [-0.3, -0.25) is 10.1 Å². The molecule has 0 aliphatic carbocycles. The minimum absolute atomic E-state index is 0.202. The Kier molecular flexibility index (Phi) is 5.90. The van der Waals surface area contributed by atoms with Gasteiger partial charge in [-0.05, 0) is 36.8 Å². The largest absolute Gasteiger partial charge is 0.462 e. The molecule has 4 aromatic rings. The molecule has 0 fully saturated rings. The predicted molar refractivity (Wildman–Crippen MR) is 117 cm³/mol. The molecule has 0 aliphatic heterocycles. The van der Waals surface area contributed by atoms with Gasteiger partial charge >= 0.3 is 5.97 Å². The molecule has 0 bridgehead atoms. The number of aromatic nitrogens is 1. The summed E-state index contributed by atoms with van der Waals surface area (Å²) in [4.78, 5) is 29.1. The number of carbonyl (C=O) groups excluding carboxylic acids is 2. The molecule has 2 aromatic heterocycles. The highest BCUT2D eigenvalue weighted by molar-refractivity contribution is 7.22. The first kappa shape index (κ1) is 19.8. The highest BCUT2D eigenvalue weighted by Crippen LogP contribution is 2.28. The Morgan fingerprint density at radius 1 is 1.10 bits per heavy atom. The van der Waals surface area contributed by atoms with Crippen molar-refractivity contribution in [3.63, 3.8) is 0 Å². The summed E-state index contributed by atoms with van der Waals surface area (Å²) in [5.41, 5.74) is 2.07. The molecule has 7 heteroatoms. The quantitative estimate of drug-likeness (QED) is 0.303. The third-order valence-corrected chi connectivity index (χ3v) is 5.40. The van der Waals surface area contributed by atoms with E-state index in [0.29, 0.717) is 28.6 Å². The second kappa shape index (κ2) is 8.92. The number of thiazole rings is 1. The van der Waals surface area contributed by atoms with Crippen LogP contribution in [0.2, 0.25) is 0 Å². The minimum Gasteiger partial charge on any atom is -0.462 e.